The topological polar surface area (TPSA) is 50.5 Å². The van der Waals surface area contributed by atoms with Crippen LogP contribution < -0.4 is 4.90 Å². The van der Waals surface area contributed by atoms with Crippen molar-refractivity contribution in [3.05, 3.63) is 53.5 Å². The molecule has 0 bridgehead atoms. The van der Waals surface area contributed by atoms with Gasteiger partial charge in [-0.3, -0.25) is 9.59 Å². The fourth-order valence-corrected chi connectivity index (χ4v) is 2.31. The highest BCUT2D eigenvalue weighted by Gasteiger charge is 2.28. The SMILES string of the molecule is Cc1ccc(C(=O)N2CCC(=O)c3ccccc32)o1. The van der Waals surface area contributed by atoms with Crippen molar-refractivity contribution in [3.8, 4) is 0 Å². The normalized spacial score (nSPS) is 14.4. The Bertz CT molecular complexity index is 657. The van der Waals surface area contributed by atoms with Gasteiger partial charge in [0.1, 0.15) is 5.76 Å². The van der Waals surface area contributed by atoms with Gasteiger partial charge in [-0.1, -0.05) is 12.1 Å². The van der Waals surface area contributed by atoms with Crippen LogP contribution in [0.5, 0.6) is 0 Å². The lowest BCUT2D eigenvalue weighted by atomic mass is 10.0. The maximum Gasteiger partial charge on any atom is 0.294 e. The Labute approximate surface area is 110 Å². The molecular formula is C15H13NO3. The third-order valence-electron chi connectivity index (χ3n) is 3.25. The average molecular weight is 255 g/mol. The van der Waals surface area contributed by atoms with E-state index in [1.807, 2.05) is 12.1 Å². The maximum atomic E-state index is 12.4. The molecule has 3 rings (SSSR count). The van der Waals surface area contributed by atoms with E-state index in [4.69, 9.17) is 4.42 Å². The van der Waals surface area contributed by atoms with Crippen LogP contribution in [0, 0.1) is 6.92 Å². The van der Waals surface area contributed by atoms with E-state index in [-0.39, 0.29) is 11.7 Å². The molecule has 96 valence electrons. The highest BCUT2D eigenvalue weighted by molar-refractivity contribution is 6.12. The standard InChI is InChI=1S/C15H13NO3/c1-10-6-7-14(19-10)15(18)16-9-8-13(17)11-4-2-3-5-12(11)16/h2-7H,8-9H2,1H3. The van der Waals surface area contributed by atoms with Crippen LogP contribution in [-0.2, 0) is 0 Å². The van der Waals surface area contributed by atoms with Crippen LogP contribution in [0.25, 0.3) is 0 Å². The van der Waals surface area contributed by atoms with Crippen molar-refractivity contribution in [3.63, 3.8) is 0 Å². The van der Waals surface area contributed by atoms with Gasteiger partial charge in [0.15, 0.2) is 11.5 Å². The number of para-hydroxylation sites is 1. The number of carbonyl (C=O) groups excluding carboxylic acids is 2. The second-order valence-electron chi connectivity index (χ2n) is 4.56. The van der Waals surface area contributed by atoms with Crippen LogP contribution in [0.15, 0.2) is 40.8 Å². The number of Topliss-reactive ketones (excluding diaryl/α,β-unsaturated/α-hetero) is 1. The third-order valence-corrected chi connectivity index (χ3v) is 3.25. The highest BCUT2D eigenvalue weighted by Crippen LogP contribution is 2.28. The summed E-state index contributed by atoms with van der Waals surface area (Å²) in [4.78, 5) is 25.8. The first-order valence-corrected chi connectivity index (χ1v) is 6.17. The Kier molecular flexibility index (Phi) is 2.71. The van der Waals surface area contributed by atoms with Crippen molar-refractivity contribution < 1.29 is 14.0 Å². The van der Waals surface area contributed by atoms with Crippen molar-refractivity contribution in [1.29, 1.82) is 0 Å². The van der Waals surface area contributed by atoms with Gasteiger partial charge in [-0.05, 0) is 31.2 Å². The van der Waals surface area contributed by atoms with E-state index >= 15 is 0 Å². The fourth-order valence-electron chi connectivity index (χ4n) is 2.31. The highest BCUT2D eigenvalue weighted by atomic mass is 16.3. The molecule has 19 heavy (non-hydrogen) atoms. The largest absolute Gasteiger partial charge is 0.456 e. The Morgan fingerprint density at radius 1 is 1.21 bits per heavy atom. The van der Waals surface area contributed by atoms with Gasteiger partial charge in [-0.2, -0.15) is 0 Å². The summed E-state index contributed by atoms with van der Waals surface area (Å²) in [5, 5.41) is 0. The molecule has 2 aromatic rings. The minimum absolute atomic E-state index is 0.0790. The van der Waals surface area contributed by atoms with Gasteiger partial charge in [0, 0.05) is 18.5 Å². The van der Waals surface area contributed by atoms with E-state index in [0.29, 0.717) is 35.7 Å². The number of ketones is 1. The van der Waals surface area contributed by atoms with Crippen molar-refractivity contribution in [2.45, 2.75) is 13.3 Å². The molecule has 1 aromatic carbocycles. The summed E-state index contributed by atoms with van der Waals surface area (Å²) in [6.07, 6.45) is 0.350. The monoisotopic (exact) mass is 255 g/mol. The number of carbonyl (C=O) groups is 2. The number of aryl methyl sites for hydroxylation is 1. The van der Waals surface area contributed by atoms with E-state index in [1.54, 1.807) is 36.1 Å². The van der Waals surface area contributed by atoms with Crippen LogP contribution >= 0.6 is 0 Å². The van der Waals surface area contributed by atoms with E-state index in [2.05, 4.69) is 0 Å². The molecule has 0 saturated heterocycles. The van der Waals surface area contributed by atoms with Gasteiger partial charge in [0.2, 0.25) is 0 Å². The summed E-state index contributed by atoms with van der Waals surface area (Å²) in [6, 6.07) is 10.6. The van der Waals surface area contributed by atoms with Gasteiger partial charge in [-0.15, -0.1) is 0 Å². The fraction of sp³-hybridized carbons (Fsp3) is 0.200. The smallest absolute Gasteiger partial charge is 0.294 e. The number of hydrogen-bond acceptors (Lipinski definition) is 3. The predicted octanol–water partition coefficient (Wildman–Crippen LogP) is 2.82. The number of fused-ring (bicyclic) bond motifs is 1. The Hall–Kier alpha value is -2.36. The van der Waals surface area contributed by atoms with Crippen LogP contribution in [0.2, 0.25) is 0 Å². The zero-order valence-electron chi connectivity index (χ0n) is 10.6. The summed E-state index contributed by atoms with van der Waals surface area (Å²) in [5.74, 6) is 0.884. The minimum Gasteiger partial charge on any atom is -0.456 e. The zero-order valence-corrected chi connectivity index (χ0v) is 10.6. The molecule has 0 aliphatic carbocycles. The van der Waals surface area contributed by atoms with E-state index in [0.717, 1.165) is 0 Å². The number of hydrogen-bond donors (Lipinski definition) is 0. The molecule has 0 saturated carbocycles. The van der Waals surface area contributed by atoms with Crippen molar-refractivity contribution in [1.82, 2.24) is 0 Å². The molecule has 0 atom stereocenters. The predicted molar refractivity (Wildman–Crippen MR) is 70.5 cm³/mol. The molecule has 0 radical (unpaired) electrons. The van der Waals surface area contributed by atoms with Gasteiger partial charge in [0.05, 0.1) is 5.69 Å². The molecule has 1 aromatic heterocycles. The lowest BCUT2D eigenvalue weighted by Crippen LogP contribution is -2.37. The van der Waals surface area contributed by atoms with Crippen LogP contribution in [0.3, 0.4) is 0 Å². The maximum absolute atomic E-state index is 12.4. The van der Waals surface area contributed by atoms with Crippen LogP contribution in [0.1, 0.15) is 33.1 Å². The molecule has 1 aliphatic heterocycles. The molecule has 4 heteroatoms. The molecule has 0 spiro atoms. The van der Waals surface area contributed by atoms with Crippen molar-refractivity contribution in [2.24, 2.45) is 0 Å². The molecule has 0 N–H and O–H groups in total. The van der Waals surface area contributed by atoms with Gasteiger partial charge in [0.25, 0.3) is 5.91 Å². The number of furan rings is 1. The van der Waals surface area contributed by atoms with E-state index in [9.17, 15) is 9.59 Å². The lowest BCUT2D eigenvalue weighted by Gasteiger charge is -2.27. The van der Waals surface area contributed by atoms with Gasteiger partial charge in [-0.25, -0.2) is 0 Å². The van der Waals surface area contributed by atoms with Gasteiger partial charge < -0.3 is 9.32 Å². The molecule has 0 unspecified atom stereocenters. The van der Waals surface area contributed by atoms with Crippen molar-refractivity contribution >= 4 is 17.4 Å². The average Bonchev–Trinajstić information content (AvgIpc) is 2.86. The Balaban J connectivity index is 2.01. The molecule has 1 amide bonds. The lowest BCUT2D eigenvalue weighted by molar-refractivity contribution is 0.0938. The number of nitrogens with zero attached hydrogens (tertiary/aromatic N) is 1. The second-order valence-corrected chi connectivity index (χ2v) is 4.56. The van der Waals surface area contributed by atoms with E-state index < -0.39 is 0 Å². The summed E-state index contributed by atoms with van der Waals surface area (Å²) >= 11 is 0. The van der Waals surface area contributed by atoms with E-state index in [1.165, 1.54) is 0 Å². The first kappa shape index (κ1) is 11.7. The van der Waals surface area contributed by atoms with Crippen LogP contribution in [0.4, 0.5) is 5.69 Å². The molecule has 2 heterocycles. The number of rotatable bonds is 1. The number of anilines is 1. The zero-order chi connectivity index (χ0) is 13.4. The first-order valence-electron chi connectivity index (χ1n) is 6.17. The molecule has 0 fully saturated rings. The minimum atomic E-state index is -0.201. The van der Waals surface area contributed by atoms with Crippen LogP contribution in [-0.4, -0.2) is 18.2 Å². The Morgan fingerprint density at radius 2 is 2.00 bits per heavy atom. The number of benzene rings is 1. The second kappa shape index (κ2) is 4.39. The third kappa shape index (κ3) is 1.95. The first-order chi connectivity index (χ1) is 9.16. The van der Waals surface area contributed by atoms with Crippen molar-refractivity contribution in [2.75, 3.05) is 11.4 Å². The van der Waals surface area contributed by atoms with Gasteiger partial charge >= 0.3 is 0 Å². The summed E-state index contributed by atoms with van der Waals surface area (Å²) in [7, 11) is 0. The molecular weight excluding hydrogens is 242 g/mol. The Morgan fingerprint density at radius 3 is 2.74 bits per heavy atom. The number of amides is 1. The quantitative estimate of drug-likeness (QED) is 0.787. The molecule has 1 aliphatic rings. The summed E-state index contributed by atoms with van der Waals surface area (Å²) in [5.41, 5.74) is 1.27. The molecule has 4 nitrogen and oxygen atoms in total. The summed E-state index contributed by atoms with van der Waals surface area (Å²) < 4.78 is 5.36. The summed E-state index contributed by atoms with van der Waals surface area (Å²) in [6.45, 7) is 2.19.